The molecule has 11 heavy (non-hydrogen) atoms. The van der Waals surface area contributed by atoms with Crippen LogP contribution in [0.2, 0.25) is 0 Å². The summed E-state index contributed by atoms with van der Waals surface area (Å²) in [5.41, 5.74) is -0.530. The third kappa shape index (κ3) is 4.20. The first-order valence-corrected chi connectivity index (χ1v) is 4.54. The average molecular weight is 156 g/mol. The number of hydrogen-bond donors (Lipinski definition) is 1. The van der Waals surface area contributed by atoms with Crippen LogP contribution in [0.15, 0.2) is 12.2 Å². The molecule has 0 fully saturated rings. The molecule has 0 spiro atoms. The molecule has 0 aliphatic rings. The highest BCUT2D eigenvalue weighted by atomic mass is 16.3. The van der Waals surface area contributed by atoms with E-state index in [9.17, 15) is 5.11 Å². The minimum Gasteiger partial charge on any atom is -0.386 e. The van der Waals surface area contributed by atoms with E-state index in [4.69, 9.17) is 0 Å². The lowest BCUT2D eigenvalue weighted by Crippen LogP contribution is -2.24. The second-order valence-corrected chi connectivity index (χ2v) is 3.10. The van der Waals surface area contributed by atoms with Gasteiger partial charge in [0.15, 0.2) is 0 Å². The van der Waals surface area contributed by atoms with Crippen LogP contribution < -0.4 is 0 Å². The van der Waals surface area contributed by atoms with Crippen molar-refractivity contribution in [2.24, 2.45) is 0 Å². The smallest absolute Gasteiger partial charge is 0.0827 e. The quantitative estimate of drug-likeness (QED) is 0.607. The van der Waals surface area contributed by atoms with Gasteiger partial charge in [0.1, 0.15) is 0 Å². The first kappa shape index (κ1) is 10.7. The summed E-state index contributed by atoms with van der Waals surface area (Å²) in [7, 11) is 0. The van der Waals surface area contributed by atoms with Crippen LogP contribution in [0.1, 0.15) is 46.5 Å². The summed E-state index contributed by atoms with van der Waals surface area (Å²) in [6.45, 7) is 6.16. The highest BCUT2D eigenvalue weighted by Gasteiger charge is 2.19. The molecular weight excluding hydrogens is 136 g/mol. The van der Waals surface area contributed by atoms with Gasteiger partial charge in [0.25, 0.3) is 0 Å². The van der Waals surface area contributed by atoms with E-state index in [-0.39, 0.29) is 0 Å². The highest BCUT2D eigenvalue weighted by molar-refractivity contribution is 4.98. The number of allylic oxidation sites excluding steroid dienone is 1. The van der Waals surface area contributed by atoms with Crippen LogP contribution in [0.25, 0.3) is 0 Å². The molecule has 0 rings (SSSR count). The van der Waals surface area contributed by atoms with E-state index in [1.54, 1.807) is 0 Å². The summed E-state index contributed by atoms with van der Waals surface area (Å²) in [5.74, 6) is 0. The molecule has 0 bridgehead atoms. The normalized spacial score (nSPS) is 12.7. The Morgan fingerprint density at radius 1 is 1.18 bits per heavy atom. The Bertz CT molecular complexity index is 110. The van der Waals surface area contributed by atoms with Gasteiger partial charge in [-0.05, 0) is 19.8 Å². The lowest BCUT2D eigenvalue weighted by atomic mass is 9.92. The summed E-state index contributed by atoms with van der Waals surface area (Å²) < 4.78 is 0. The van der Waals surface area contributed by atoms with Crippen LogP contribution in [0.5, 0.6) is 0 Å². The van der Waals surface area contributed by atoms with Crippen molar-refractivity contribution in [1.29, 1.82) is 0 Å². The van der Waals surface area contributed by atoms with Crippen LogP contribution in [0, 0.1) is 0 Å². The molecule has 0 atom stereocenters. The molecule has 0 aliphatic heterocycles. The Labute approximate surface area is 70.1 Å². The summed E-state index contributed by atoms with van der Waals surface area (Å²) in [4.78, 5) is 0. The van der Waals surface area contributed by atoms with Crippen molar-refractivity contribution in [3.05, 3.63) is 12.2 Å². The molecule has 0 amide bonds. The van der Waals surface area contributed by atoms with Crippen molar-refractivity contribution in [3.63, 3.8) is 0 Å². The summed E-state index contributed by atoms with van der Waals surface area (Å²) in [5, 5.41) is 9.92. The number of rotatable bonds is 5. The standard InChI is InChI=1S/C10H20O/c1-4-7-10(11,8-5-2)9-6-3/h4,7,11H,5-6,8-9H2,1-3H3/b7-4+. The minimum absolute atomic E-state index is 0.530. The molecule has 1 N–H and O–H groups in total. The summed E-state index contributed by atoms with van der Waals surface area (Å²) in [6.07, 6.45) is 7.70. The lowest BCUT2D eigenvalue weighted by molar-refractivity contribution is 0.0705. The molecule has 0 aromatic carbocycles. The molecule has 0 radical (unpaired) electrons. The van der Waals surface area contributed by atoms with Crippen molar-refractivity contribution in [2.45, 2.75) is 52.1 Å². The Morgan fingerprint density at radius 3 is 1.91 bits per heavy atom. The van der Waals surface area contributed by atoms with Gasteiger partial charge in [-0.1, -0.05) is 38.8 Å². The maximum Gasteiger partial charge on any atom is 0.0827 e. The van der Waals surface area contributed by atoms with Gasteiger partial charge in [0, 0.05) is 0 Å². The average Bonchev–Trinajstić information content (AvgIpc) is 1.88. The SMILES string of the molecule is C/C=C/C(O)(CCC)CCC. The van der Waals surface area contributed by atoms with Gasteiger partial charge in [-0.3, -0.25) is 0 Å². The second-order valence-electron chi connectivity index (χ2n) is 3.10. The van der Waals surface area contributed by atoms with Crippen LogP contribution in [-0.4, -0.2) is 10.7 Å². The van der Waals surface area contributed by atoms with E-state index in [2.05, 4.69) is 13.8 Å². The summed E-state index contributed by atoms with van der Waals surface area (Å²) in [6, 6.07) is 0. The predicted molar refractivity (Wildman–Crippen MR) is 49.6 cm³/mol. The van der Waals surface area contributed by atoms with Gasteiger partial charge < -0.3 is 5.11 Å². The fourth-order valence-electron chi connectivity index (χ4n) is 1.47. The van der Waals surface area contributed by atoms with E-state index in [0.29, 0.717) is 0 Å². The predicted octanol–water partition coefficient (Wildman–Crippen LogP) is 2.89. The van der Waals surface area contributed by atoms with Gasteiger partial charge in [0.2, 0.25) is 0 Å². The molecule has 0 aromatic heterocycles. The monoisotopic (exact) mass is 156 g/mol. The van der Waals surface area contributed by atoms with Gasteiger partial charge in [-0.25, -0.2) is 0 Å². The third-order valence-electron chi connectivity index (χ3n) is 1.84. The Hall–Kier alpha value is -0.300. The Balaban J connectivity index is 4.01. The van der Waals surface area contributed by atoms with Crippen molar-refractivity contribution < 1.29 is 5.11 Å². The van der Waals surface area contributed by atoms with Gasteiger partial charge in [-0.2, -0.15) is 0 Å². The van der Waals surface area contributed by atoms with Crippen LogP contribution >= 0.6 is 0 Å². The molecule has 0 aromatic rings. The Kier molecular flexibility index (Phi) is 5.22. The minimum atomic E-state index is -0.530. The molecule has 1 heteroatoms. The Morgan fingerprint density at radius 2 is 1.64 bits per heavy atom. The first-order valence-electron chi connectivity index (χ1n) is 4.54. The van der Waals surface area contributed by atoms with Gasteiger partial charge in [-0.15, -0.1) is 0 Å². The zero-order valence-electron chi connectivity index (χ0n) is 7.93. The van der Waals surface area contributed by atoms with E-state index >= 15 is 0 Å². The molecule has 0 unspecified atom stereocenters. The van der Waals surface area contributed by atoms with Gasteiger partial charge in [0.05, 0.1) is 5.60 Å². The van der Waals surface area contributed by atoms with Gasteiger partial charge >= 0.3 is 0 Å². The highest BCUT2D eigenvalue weighted by Crippen LogP contribution is 2.20. The molecule has 0 heterocycles. The van der Waals surface area contributed by atoms with E-state index in [1.807, 2.05) is 19.1 Å². The van der Waals surface area contributed by atoms with Crippen LogP contribution in [0.3, 0.4) is 0 Å². The van der Waals surface area contributed by atoms with E-state index < -0.39 is 5.60 Å². The molecule has 0 saturated heterocycles. The fourth-order valence-corrected chi connectivity index (χ4v) is 1.47. The van der Waals surface area contributed by atoms with E-state index in [0.717, 1.165) is 25.7 Å². The molecule has 0 aliphatic carbocycles. The van der Waals surface area contributed by atoms with Crippen LogP contribution in [0.4, 0.5) is 0 Å². The third-order valence-corrected chi connectivity index (χ3v) is 1.84. The molecule has 66 valence electrons. The molecular formula is C10H20O. The maximum atomic E-state index is 9.92. The van der Waals surface area contributed by atoms with Crippen molar-refractivity contribution in [3.8, 4) is 0 Å². The first-order chi connectivity index (χ1) is 5.18. The second kappa shape index (κ2) is 5.36. The molecule has 0 saturated carbocycles. The number of aliphatic hydroxyl groups is 1. The van der Waals surface area contributed by atoms with Crippen molar-refractivity contribution in [1.82, 2.24) is 0 Å². The lowest BCUT2D eigenvalue weighted by Gasteiger charge is -2.23. The zero-order valence-corrected chi connectivity index (χ0v) is 7.93. The topological polar surface area (TPSA) is 20.2 Å². The zero-order chi connectivity index (χ0) is 8.74. The molecule has 1 nitrogen and oxygen atoms in total. The largest absolute Gasteiger partial charge is 0.386 e. The maximum absolute atomic E-state index is 9.92. The van der Waals surface area contributed by atoms with E-state index in [1.165, 1.54) is 0 Å². The van der Waals surface area contributed by atoms with Crippen LogP contribution in [-0.2, 0) is 0 Å². The fraction of sp³-hybridized carbons (Fsp3) is 0.800. The summed E-state index contributed by atoms with van der Waals surface area (Å²) >= 11 is 0. The van der Waals surface area contributed by atoms with Crippen molar-refractivity contribution >= 4 is 0 Å². The van der Waals surface area contributed by atoms with Crippen molar-refractivity contribution in [2.75, 3.05) is 0 Å². The number of hydrogen-bond acceptors (Lipinski definition) is 1.